The molecule has 0 spiro atoms. The van der Waals surface area contributed by atoms with E-state index in [0.717, 1.165) is 31.7 Å². The van der Waals surface area contributed by atoms with E-state index in [1.807, 2.05) is 6.20 Å². The lowest BCUT2D eigenvalue weighted by atomic mass is 9.89. The number of hydrogen-bond acceptors (Lipinski definition) is 4. The Morgan fingerprint density at radius 2 is 2.41 bits per heavy atom. The van der Waals surface area contributed by atoms with Crippen molar-refractivity contribution in [3.05, 3.63) is 24.3 Å². The summed E-state index contributed by atoms with van der Waals surface area (Å²) in [6.45, 7) is 6.15. The van der Waals surface area contributed by atoms with Gasteiger partial charge in [0, 0.05) is 25.0 Å². The zero-order chi connectivity index (χ0) is 12.1. The summed E-state index contributed by atoms with van der Waals surface area (Å²) in [4.78, 5) is 8.50. The van der Waals surface area contributed by atoms with Crippen LogP contribution in [0.1, 0.15) is 38.8 Å². The molecule has 1 fully saturated rings. The Labute approximate surface area is 103 Å². The smallest absolute Gasteiger partial charge is 0.110 e. The van der Waals surface area contributed by atoms with Crippen molar-refractivity contribution in [3.63, 3.8) is 0 Å². The number of hydrogen-bond donors (Lipinski definition) is 1. The minimum absolute atomic E-state index is 0.294. The monoisotopic (exact) mass is 235 g/mol. The van der Waals surface area contributed by atoms with E-state index in [1.165, 1.54) is 6.42 Å². The van der Waals surface area contributed by atoms with E-state index < -0.39 is 0 Å². The van der Waals surface area contributed by atoms with E-state index in [9.17, 15) is 0 Å². The second kappa shape index (κ2) is 5.56. The Morgan fingerprint density at radius 3 is 3.12 bits per heavy atom. The molecule has 1 aliphatic rings. The van der Waals surface area contributed by atoms with Crippen molar-refractivity contribution in [1.29, 1.82) is 0 Å². The van der Waals surface area contributed by atoms with Crippen molar-refractivity contribution in [2.24, 2.45) is 0 Å². The van der Waals surface area contributed by atoms with Crippen molar-refractivity contribution in [2.75, 3.05) is 13.2 Å². The molecule has 94 valence electrons. The van der Waals surface area contributed by atoms with Crippen molar-refractivity contribution in [3.8, 4) is 0 Å². The first-order chi connectivity index (χ1) is 8.24. The minimum Gasteiger partial charge on any atom is -0.369 e. The molecule has 1 saturated heterocycles. The van der Waals surface area contributed by atoms with Crippen LogP contribution in [0.4, 0.5) is 0 Å². The number of rotatable bonds is 4. The Kier molecular flexibility index (Phi) is 4.07. The number of aromatic nitrogens is 2. The number of ether oxygens (including phenoxy) is 1. The molecule has 2 unspecified atom stereocenters. The van der Waals surface area contributed by atoms with Crippen LogP contribution in [0.15, 0.2) is 18.6 Å². The van der Waals surface area contributed by atoms with Gasteiger partial charge < -0.3 is 10.1 Å². The molecule has 1 N–H and O–H groups in total. The maximum absolute atomic E-state index is 5.92. The second-order valence-corrected chi connectivity index (χ2v) is 4.81. The number of nitrogens with one attached hydrogen (secondary N) is 1. The quantitative estimate of drug-likeness (QED) is 0.865. The first-order valence-electron chi connectivity index (χ1n) is 6.38. The highest BCUT2D eigenvalue weighted by Gasteiger charge is 2.35. The average Bonchev–Trinajstić information content (AvgIpc) is 2.38. The fourth-order valence-corrected chi connectivity index (χ4v) is 2.33. The van der Waals surface area contributed by atoms with Gasteiger partial charge in [-0.2, -0.15) is 0 Å². The highest BCUT2D eigenvalue weighted by molar-refractivity contribution is 5.09. The van der Waals surface area contributed by atoms with E-state index in [4.69, 9.17) is 4.74 Å². The fraction of sp³-hybridized carbons (Fsp3) is 0.692. The van der Waals surface area contributed by atoms with Gasteiger partial charge in [-0.3, -0.25) is 9.97 Å². The van der Waals surface area contributed by atoms with Crippen LogP contribution in [0.3, 0.4) is 0 Å². The molecule has 2 heterocycles. The molecule has 4 heteroatoms. The van der Waals surface area contributed by atoms with E-state index in [0.29, 0.717) is 6.04 Å². The van der Waals surface area contributed by atoms with E-state index in [1.54, 1.807) is 12.4 Å². The van der Waals surface area contributed by atoms with Gasteiger partial charge in [0.15, 0.2) is 0 Å². The normalized spacial score (nSPS) is 29.2. The summed E-state index contributed by atoms with van der Waals surface area (Å²) in [5.41, 5.74) is 0.640. The standard InChI is InChI=1S/C13H21N3O/c1-3-5-15-11-4-8-17-13(2,9-11)12-10-14-6-7-16-12/h6-7,10-11,15H,3-5,8-9H2,1-2H3. The van der Waals surface area contributed by atoms with Crippen LogP contribution in [0, 0.1) is 0 Å². The first-order valence-corrected chi connectivity index (χ1v) is 6.38. The van der Waals surface area contributed by atoms with Crippen molar-refractivity contribution >= 4 is 0 Å². The van der Waals surface area contributed by atoms with Crippen molar-refractivity contribution < 1.29 is 4.74 Å². The molecular formula is C13H21N3O. The fourth-order valence-electron chi connectivity index (χ4n) is 2.33. The van der Waals surface area contributed by atoms with Crippen LogP contribution >= 0.6 is 0 Å². The molecule has 1 aromatic heterocycles. The van der Waals surface area contributed by atoms with Gasteiger partial charge in [-0.1, -0.05) is 6.92 Å². The van der Waals surface area contributed by atoms with Crippen LogP contribution in [0.25, 0.3) is 0 Å². The van der Waals surface area contributed by atoms with E-state index >= 15 is 0 Å². The first kappa shape index (κ1) is 12.5. The van der Waals surface area contributed by atoms with Gasteiger partial charge in [0.2, 0.25) is 0 Å². The molecule has 0 bridgehead atoms. The summed E-state index contributed by atoms with van der Waals surface area (Å²) in [6, 6.07) is 0.524. The van der Waals surface area contributed by atoms with Crippen LogP contribution in [-0.4, -0.2) is 29.2 Å². The largest absolute Gasteiger partial charge is 0.369 e. The molecule has 1 aliphatic heterocycles. The molecule has 0 amide bonds. The second-order valence-electron chi connectivity index (χ2n) is 4.81. The van der Waals surface area contributed by atoms with Crippen molar-refractivity contribution in [1.82, 2.24) is 15.3 Å². The molecule has 0 aromatic carbocycles. The highest BCUT2D eigenvalue weighted by atomic mass is 16.5. The Balaban J connectivity index is 2.04. The van der Waals surface area contributed by atoms with E-state index in [-0.39, 0.29) is 5.60 Å². The van der Waals surface area contributed by atoms with Gasteiger partial charge in [-0.05, 0) is 32.7 Å². The van der Waals surface area contributed by atoms with Crippen LogP contribution in [0.5, 0.6) is 0 Å². The molecule has 4 nitrogen and oxygen atoms in total. The zero-order valence-corrected chi connectivity index (χ0v) is 10.6. The third-order valence-electron chi connectivity index (χ3n) is 3.31. The zero-order valence-electron chi connectivity index (χ0n) is 10.6. The van der Waals surface area contributed by atoms with Crippen LogP contribution < -0.4 is 5.32 Å². The SMILES string of the molecule is CCCNC1CCOC(C)(c2cnccn2)C1. The molecular weight excluding hydrogens is 214 g/mol. The van der Waals surface area contributed by atoms with Gasteiger partial charge in [0.25, 0.3) is 0 Å². The summed E-state index contributed by atoms with van der Waals surface area (Å²) in [6.07, 6.45) is 8.44. The summed E-state index contributed by atoms with van der Waals surface area (Å²) < 4.78 is 5.92. The molecule has 0 aliphatic carbocycles. The Hall–Kier alpha value is -1.00. The molecule has 2 atom stereocenters. The summed E-state index contributed by atoms with van der Waals surface area (Å²) in [5.74, 6) is 0. The minimum atomic E-state index is -0.294. The molecule has 1 aromatic rings. The predicted octanol–water partition coefficient (Wildman–Crippen LogP) is 1.87. The third-order valence-corrected chi connectivity index (χ3v) is 3.31. The van der Waals surface area contributed by atoms with Crippen molar-refractivity contribution in [2.45, 2.75) is 44.8 Å². The van der Waals surface area contributed by atoms with Gasteiger partial charge in [-0.25, -0.2) is 0 Å². The lowest BCUT2D eigenvalue weighted by molar-refractivity contribution is -0.0841. The van der Waals surface area contributed by atoms with Gasteiger partial charge in [-0.15, -0.1) is 0 Å². The molecule has 0 radical (unpaired) electrons. The third kappa shape index (κ3) is 3.01. The highest BCUT2D eigenvalue weighted by Crippen LogP contribution is 2.33. The van der Waals surface area contributed by atoms with Gasteiger partial charge >= 0.3 is 0 Å². The maximum atomic E-state index is 5.92. The maximum Gasteiger partial charge on any atom is 0.110 e. The van der Waals surface area contributed by atoms with Crippen LogP contribution in [-0.2, 0) is 10.3 Å². The summed E-state index contributed by atoms with van der Waals surface area (Å²) >= 11 is 0. The number of nitrogens with zero attached hydrogens (tertiary/aromatic N) is 2. The molecule has 17 heavy (non-hydrogen) atoms. The average molecular weight is 235 g/mol. The predicted molar refractivity (Wildman–Crippen MR) is 66.7 cm³/mol. The van der Waals surface area contributed by atoms with Gasteiger partial charge in [0.1, 0.15) is 5.60 Å². The van der Waals surface area contributed by atoms with Gasteiger partial charge in [0.05, 0.1) is 11.9 Å². The van der Waals surface area contributed by atoms with E-state index in [2.05, 4.69) is 29.1 Å². The topological polar surface area (TPSA) is 47.0 Å². The lowest BCUT2D eigenvalue weighted by Crippen LogP contribution is -2.44. The molecule has 0 saturated carbocycles. The lowest BCUT2D eigenvalue weighted by Gasteiger charge is -2.38. The Bertz CT molecular complexity index is 344. The molecule has 2 rings (SSSR count). The Morgan fingerprint density at radius 1 is 1.53 bits per heavy atom. The summed E-state index contributed by atoms with van der Waals surface area (Å²) in [5, 5.41) is 3.57. The van der Waals surface area contributed by atoms with Crippen LogP contribution in [0.2, 0.25) is 0 Å². The summed E-state index contributed by atoms with van der Waals surface area (Å²) in [7, 11) is 0.